The van der Waals surface area contributed by atoms with Gasteiger partial charge >= 0.3 is 0 Å². The molecule has 0 fully saturated rings. The van der Waals surface area contributed by atoms with E-state index in [2.05, 4.69) is 50.2 Å². The largest absolute Gasteiger partial charge is 0.493 e. The SMILES string of the molecule is CCCOc1c(C)ccc2ccccc12. The predicted octanol–water partition coefficient (Wildman–Crippen LogP) is 3.94. The van der Waals surface area contributed by atoms with Crippen molar-refractivity contribution in [2.75, 3.05) is 6.61 Å². The summed E-state index contributed by atoms with van der Waals surface area (Å²) in [5, 5.41) is 2.46. The Morgan fingerprint density at radius 1 is 1.07 bits per heavy atom. The summed E-state index contributed by atoms with van der Waals surface area (Å²) in [6.45, 7) is 5.01. The first-order valence-corrected chi connectivity index (χ1v) is 5.44. The second-order valence-electron chi connectivity index (χ2n) is 3.78. The van der Waals surface area contributed by atoms with E-state index in [0.717, 1.165) is 18.8 Å². The first-order chi connectivity index (χ1) is 7.33. The van der Waals surface area contributed by atoms with Crippen LogP contribution in [-0.4, -0.2) is 6.61 Å². The van der Waals surface area contributed by atoms with Crippen molar-refractivity contribution in [3.63, 3.8) is 0 Å². The molecule has 0 spiro atoms. The lowest BCUT2D eigenvalue weighted by atomic mass is 10.1. The molecule has 0 saturated heterocycles. The minimum Gasteiger partial charge on any atom is -0.493 e. The molecule has 1 nitrogen and oxygen atoms in total. The van der Waals surface area contributed by atoms with Crippen LogP contribution in [0.4, 0.5) is 0 Å². The van der Waals surface area contributed by atoms with Crippen LogP contribution in [-0.2, 0) is 0 Å². The third-order valence-electron chi connectivity index (χ3n) is 2.53. The van der Waals surface area contributed by atoms with Crippen LogP contribution in [0, 0.1) is 6.92 Å². The third-order valence-corrected chi connectivity index (χ3v) is 2.53. The zero-order valence-electron chi connectivity index (χ0n) is 9.29. The summed E-state index contributed by atoms with van der Waals surface area (Å²) >= 11 is 0. The van der Waals surface area contributed by atoms with Gasteiger partial charge in [-0.1, -0.05) is 43.3 Å². The Morgan fingerprint density at radius 3 is 2.67 bits per heavy atom. The monoisotopic (exact) mass is 200 g/mol. The molecule has 0 amide bonds. The van der Waals surface area contributed by atoms with Crippen molar-refractivity contribution in [1.82, 2.24) is 0 Å². The topological polar surface area (TPSA) is 9.23 Å². The summed E-state index contributed by atoms with van der Waals surface area (Å²) in [6.07, 6.45) is 1.04. The highest BCUT2D eigenvalue weighted by Crippen LogP contribution is 2.29. The van der Waals surface area contributed by atoms with Crippen LogP contribution in [0.25, 0.3) is 10.8 Å². The molecule has 0 aliphatic heterocycles. The Balaban J connectivity index is 2.53. The number of hydrogen-bond acceptors (Lipinski definition) is 1. The summed E-state index contributed by atoms with van der Waals surface area (Å²) in [5.74, 6) is 1.04. The van der Waals surface area contributed by atoms with Crippen LogP contribution < -0.4 is 4.74 Å². The fourth-order valence-corrected chi connectivity index (χ4v) is 1.75. The van der Waals surface area contributed by atoms with Crippen LogP contribution in [0.5, 0.6) is 5.75 Å². The second kappa shape index (κ2) is 4.35. The van der Waals surface area contributed by atoms with Crippen LogP contribution in [0.2, 0.25) is 0 Å². The minimum absolute atomic E-state index is 0.787. The number of aryl methyl sites for hydroxylation is 1. The normalized spacial score (nSPS) is 10.5. The number of ether oxygens (including phenoxy) is 1. The fourth-order valence-electron chi connectivity index (χ4n) is 1.75. The molecule has 0 aromatic heterocycles. The zero-order chi connectivity index (χ0) is 10.7. The van der Waals surface area contributed by atoms with Crippen molar-refractivity contribution in [1.29, 1.82) is 0 Å². The lowest BCUT2D eigenvalue weighted by Gasteiger charge is -2.11. The average Bonchev–Trinajstić information content (AvgIpc) is 2.28. The maximum Gasteiger partial charge on any atom is 0.130 e. The highest BCUT2D eigenvalue weighted by molar-refractivity contribution is 5.89. The van der Waals surface area contributed by atoms with E-state index in [1.807, 2.05) is 0 Å². The Labute approximate surface area is 90.7 Å². The van der Waals surface area contributed by atoms with Gasteiger partial charge in [0.2, 0.25) is 0 Å². The van der Waals surface area contributed by atoms with Crippen LogP contribution in [0.15, 0.2) is 36.4 Å². The maximum atomic E-state index is 5.80. The van der Waals surface area contributed by atoms with E-state index in [1.54, 1.807) is 0 Å². The van der Waals surface area contributed by atoms with Crippen molar-refractivity contribution in [2.24, 2.45) is 0 Å². The van der Waals surface area contributed by atoms with Gasteiger partial charge in [-0.15, -0.1) is 0 Å². The highest BCUT2D eigenvalue weighted by Gasteiger charge is 2.04. The smallest absolute Gasteiger partial charge is 0.130 e. The van der Waals surface area contributed by atoms with Crippen LogP contribution in [0.3, 0.4) is 0 Å². The van der Waals surface area contributed by atoms with Gasteiger partial charge in [-0.25, -0.2) is 0 Å². The standard InChI is InChI=1S/C14H16O/c1-3-10-15-14-11(2)8-9-12-6-4-5-7-13(12)14/h4-9H,3,10H2,1-2H3. The number of rotatable bonds is 3. The van der Waals surface area contributed by atoms with Crippen molar-refractivity contribution in [3.8, 4) is 5.75 Å². The van der Waals surface area contributed by atoms with Gasteiger partial charge < -0.3 is 4.74 Å². The van der Waals surface area contributed by atoms with Crippen LogP contribution in [0.1, 0.15) is 18.9 Å². The molecule has 2 aromatic rings. The summed E-state index contributed by atoms with van der Waals surface area (Å²) in [5.41, 5.74) is 1.21. The van der Waals surface area contributed by atoms with E-state index < -0.39 is 0 Å². The van der Waals surface area contributed by atoms with E-state index in [4.69, 9.17) is 4.74 Å². The van der Waals surface area contributed by atoms with Crippen LogP contribution >= 0.6 is 0 Å². The van der Waals surface area contributed by atoms with E-state index in [-0.39, 0.29) is 0 Å². The van der Waals surface area contributed by atoms with Gasteiger partial charge in [-0.3, -0.25) is 0 Å². The number of hydrogen-bond donors (Lipinski definition) is 0. The van der Waals surface area contributed by atoms with E-state index >= 15 is 0 Å². The quantitative estimate of drug-likeness (QED) is 0.729. The summed E-state index contributed by atoms with van der Waals surface area (Å²) in [4.78, 5) is 0. The van der Waals surface area contributed by atoms with Crippen molar-refractivity contribution >= 4 is 10.8 Å². The molecule has 0 radical (unpaired) electrons. The Morgan fingerprint density at radius 2 is 1.87 bits per heavy atom. The predicted molar refractivity (Wildman–Crippen MR) is 64.5 cm³/mol. The summed E-state index contributed by atoms with van der Waals surface area (Å²) in [6, 6.07) is 12.6. The van der Waals surface area contributed by atoms with Crippen molar-refractivity contribution in [3.05, 3.63) is 42.0 Å². The van der Waals surface area contributed by atoms with Gasteiger partial charge in [0.25, 0.3) is 0 Å². The summed E-state index contributed by atoms with van der Waals surface area (Å²) < 4.78 is 5.80. The molecule has 0 atom stereocenters. The molecule has 0 unspecified atom stereocenters. The fraction of sp³-hybridized carbons (Fsp3) is 0.286. The Hall–Kier alpha value is -1.50. The van der Waals surface area contributed by atoms with Gasteiger partial charge in [-0.2, -0.15) is 0 Å². The van der Waals surface area contributed by atoms with Crippen molar-refractivity contribution < 1.29 is 4.74 Å². The average molecular weight is 200 g/mol. The van der Waals surface area contributed by atoms with Crippen molar-refractivity contribution in [2.45, 2.75) is 20.3 Å². The molecule has 0 heterocycles. The van der Waals surface area contributed by atoms with Gasteiger partial charge in [0.15, 0.2) is 0 Å². The van der Waals surface area contributed by atoms with Gasteiger partial charge in [0.05, 0.1) is 6.61 Å². The molecule has 0 aliphatic carbocycles. The van der Waals surface area contributed by atoms with Gasteiger partial charge in [-0.05, 0) is 24.3 Å². The lowest BCUT2D eigenvalue weighted by molar-refractivity contribution is 0.319. The highest BCUT2D eigenvalue weighted by atomic mass is 16.5. The molecule has 78 valence electrons. The molecule has 0 bridgehead atoms. The lowest BCUT2D eigenvalue weighted by Crippen LogP contribution is -1.97. The molecule has 0 aliphatic rings. The molecular formula is C14H16O. The van der Waals surface area contributed by atoms with Gasteiger partial charge in [0.1, 0.15) is 5.75 Å². The minimum atomic E-state index is 0.787. The molecule has 2 aromatic carbocycles. The van der Waals surface area contributed by atoms with E-state index in [0.29, 0.717) is 0 Å². The Bertz CT molecular complexity index is 460. The van der Waals surface area contributed by atoms with Gasteiger partial charge in [0, 0.05) is 5.39 Å². The third kappa shape index (κ3) is 1.96. The number of benzene rings is 2. The molecule has 0 saturated carbocycles. The summed E-state index contributed by atoms with van der Waals surface area (Å²) in [7, 11) is 0. The maximum absolute atomic E-state index is 5.80. The zero-order valence-corrected chi connectivity index (χ0v) is 9.29. The molecule has 15 heavy (non-hydrogen) atoms. The number of fused-ring (bicyclic) bond motifs is 1. The van der Waals surface area contributed by atoms with E-state index in [1.165, 1.54) is 16.3 Å². The Kier molecular flexibility index (Phi) is 2.91. The molecule has 1 heteroatoms. The molecular weight excluding hydrogens is 184 g/mol. The first kappa shape index (κ1) is 10.0. The first-order valence-electron chi connectivity index (χ1n) is 5.44. The molecule has 2 rings (SSSR count). The second-order valence-corrected chi connectivity index (χ2v) is 3.78. The molecule has 0 N–H and O–H groups in total. The van der Waals surface area contributed by atoms with E-state index in [9.17, 15) is 0 Å².